The van der Waals surface area contributed by atoms with E-state index in [9.17, 15) is 0 Å². The first-order chi connectivity index (χ1) is 16.9. The summed E-state index contributed by atoms with van der Waals surface area (Å²) in [5, 5.41) is 0. The van der Waals surface area contributed by atoms with Crippen LogP contribution in [0.15, 0.2) is 42.6 Å². The molecule has 0 unspecified atom stereocenters. The smallest absolute Gasteiger partial charge is 0.201 e. The van der Waals surface area contributed by atoms with Gasteiger partial charge in [-0.2, -0.15) is 0 Å². The summed E-state index contributed by atoms with van der Waals surface area (Å²) in [6, 6.07) is 13.0. The van der Waals surface area contributed by atoms with Crippen LogP contribution in [0.4, 0.5) is 0 Å². The second kappa shape index (κ2) is 9.68. The molecule has 0 N–H and O–H groups in total. The summed E-state index contributed by atoms with van der Waals surface area (Å²) in [6.45, 7) is 19.8. The predicted octanol–water partition coefficient (Wildman–Crippen LogP) is 9.13. The topological polar surface area (TPSA) is 3.88 Å². The van der Waals surface area contributed by atoms with Gasteiger partial charge in [0.05, 0.1) is 0 Å². The zero-order valence-electron chi connectivity index (χ0n) is 26.2. The molecule has 0 aliphatic heterocycles. The molecule has 0 saturated heterocycles. The second-order valence-corrected chi connectivity index (χ2v) is 11.9. The lowest BCUT2D eigenvalue weighted by Gasteiger charge is -2.25. The first kappa shape index (κ1) is 22.1. The van der Waals surface area contributed by atoms with Gasteiger partial charge in [-0.05, 0) is 88.0 Å². The van der Waals surface area contributed by atoms with Gasteiger partial charge in [-0.15, -0.1) is 0 Å². The Kier molecular flexibility index (Phi) is 6.29. The first-order valence-corrected chi connectivity index (χ1v) is 12.8. The monoisotopic (exact) mass is 459 g/mol. The Morgan fingerprint density at radius 1 is 0.765 bits per heavy atom. The van der Waals surface area contributed by atoms with Crippen LogP contribution < -0.4 is 4.57 Å². The van der Waals surface area contributed by atoms with Crippen molar-refractivity contribution in [2.45, 2.75) is 99.3 Å². The molecule has 0 saturated carbocycles. The molecular formula is C33H46N+. The minimum atomic E-state index is -2.21. The second-order valence-electron chi connectivity index (χ2n) is 11.9. The summed E-state index contributed by atoms with van der Waals surface area (Å²) >= 11 is 0. The van der Waals surface area contributed by atoms with Crippen LogP contribution >= 0.6 is 0 Å². The third-order valence-electron chi connectivity index (χ3n) is 7.04. The maximum absolute atomic E-state index is 8.47. The highest BCUT2D eigenvalue weighted by molar-refractivity contribution is 5.80. The number of nitrogens with zero attached hydrogens (tertiary/aromatic N) is 1. The van der Waals surface area contributed by atoms with Gasteiger partial charge in [0, 0.05) is 21.3 Å². The third-order valence-corrected chi connectivity index (χ3v) is 7.04. The largest absolute Gasteiger partial charge is 0.212 e. The van der Waals surface area contributed by atoms with Crippen molar-refractivity contribution in [3.05, 3.63) is 76.0 Å². The Morgan fingerprint density at radius 2 is 1.35 bits per heavy atom. The molecule has 0 atom stereocenters. The van der Waals surface area contributed by atoms with E-state index < -0.39 is 6.85 Å². The van der Waals surface area contributed by atoms with E-state index in [4.69, 9.17) is 4.11 Å². The van der Waals surface area contributed by atoms with Crippen molar-refractivity contribution in [2.24, 2.45) is 7.05 Å². The fourth-order valence-corrected chi connectivity index (χ4v) is 4.79. The van der Waals surface area contributed by atoms with E-state index in [1.807, 2.05) is 13.0 Å². The lowest BCUT2D eigenvalue weighted by molar-refractivity contribution is -0.661. The quantitative estimate of drug-likeness (QED) is 0.335. The number of hydrogen-bond donors (Lipinski definition) is 0. The number of aromatic nitrogens is 1. The molecule has 0 aliphatic carbocycles. The van der Waals surface area contributed by atoms with Gasteiger partial charge in [0.15, 0.2) is 6.20 Å². The number of rotatable bonds is 5. The summed E-state index contributed by atoms with van der Waals surface area (Å²) in [4.78, 5) is 0. The highest BCUT2D eigenvalue weighted by Gasteiger charge is 2.24. The van der Waals surface area contributed by atoms with Gasteiger partial charge in [0.25, 0.3) is 0 Å². The normalized spacial score (nSPS) is 14.0. The van der Waals surface area contributed by atoms with E-state index in [2.05, 4.69) is 110 Å². The van der Waals surface area contributed by atoms with Gasteiger partial charge in [0.2, 0.25) is 5.69 Å². The van der Waals surface area contributed by atoms with Crippen molar-refractivity contribution < 1.29 is 8.68 Å². The average molecular weight is 460 g/mol. The molecule has 0 aliphatic rings. The van der Waals surface area contributed by atoms with Gasteiger partial charge >= 0.3 is 0 Å². The Balaban J connectivity index is 2.45. The fraction of sp³-hybridized carbons (Fsp3) is 0.485. The van der Waals surface area contributed by atoms with Crippen LogP contribution in [0, 0.1) is 13.8 Å². The van der Waals surface area contributed by atoms with Crippen LogP contribution in [0.5, 0.6) is 0 Å². The van der Waals surface area contributed by atoms with Gasteiger partial charge in [-0.1, -0.05) is 80.5 Å². The van der Waals surface area contributed by atoms with E-state index in [1.165, 1.54) is 22.3 Å². The summed E-state index contributed by atoms with van der Waals surface area (Å²) in [5.74, 6) is 0.935. The van der Waals surface area contributed by atoms with Crippen molar-refractivity contribution in [3.8, 4) is 22.4 Å². The number of benzene rings is 2. The highest BCUT2D eigenvalue weighted by Crippen LogP contribution is 2.42. The Hall–Kier alpha value is -2.41. The van der Waals surface area contributed by atoms with Crippen LogP contribution in [0.1, 0.15) is 118 Å². The average Bonchev–Trinajstić information content (AvgIpc) is 2.76. The molecule has 182 valence electrons. The van der Waals surface area contributed by atoms with E-state index in [-0.39, 0.29) is 17.3 Å². The maximum Gasteiger partial charge on any atom is 0.212 e. The Labute approximate surface area is 213 Å². The van der Waals surface area contributed by atoms with Crippen LogP contribution in [0.3, 0.4) is 0 Å². The molecule has 1 heterocycles. The summed E-state index contributed by atoms with van der Waals surface area (Å²) < 4.78 is 27.6. The summed E-state index contributed by atoms with van der Waals surface area (Å²) in [5.41, 5.74) is 10.6. The lowest BCUT2D eigenvalue weighted by Crippen LogP contribution is -2.33. The molecular weight excluding hydrogens is 410 g/mol. The number of aryl methyl sites for hydroxylation is 3. The van der Waals surface area contributed by atoms with E-state index >= 15 is 0 Å². The molecule has 1 aromatic heterocycles. The first-order valence-electron chi connectivity index (χ1n) is 14.3. The highest BCUT2D eigenvalue weighted by atomic mass is 14.9. The van der Waals surface area contributed by atoms with Crippen molar-refractivity contribution in [3.63, 3.8) is 0 Å². The molecule has 1 nitrogen and oxygen atoms in total. The van der Waals surface area contributed by atoms with Crippen molar-refractivity contribution >= 4 is 0 Å². The Bertz CT molecular complexity index is 1260. The van der Waals surface area contributed by atoms with Crippen molar-refractivity contribution in [1.82, 2.24) is 0 Å². The predicted molar refractivity (Wildman–Crippen MR) is 149 cm³/mol. The molecule has 0 fully saturated rings. The summed E-state index contributed by atoms with van der Waals surface area (Å²) in [6.07, 6.45) is 2.20. The maximum atomic E-state index is 8.47. The molecule has 3 rings (SSSR count). The standard InChI is InChI=1S/C33H46N/c1-20(2)25-16-27(21(3)4)32(28(17-25)22(5)6)30-18-29(23(7)15-24(30)8)31-14-13-26(19-34(31)12)33(9,10)11/h13-22H,1-12H3/q+1/i8D3. The van der Waals surface area contributed by atoms with E-state index in [0.29, 0.717) is 11.5 Å². The van der Waals surface area contributed by atoms with Gasteiger partial charge < -0.3 is 0 Å². The van der Waals surface area contributed by atoms with Crippen LogP contribution in [0.2, 0.25) is 0 Å². The number of hydrogen-bond acceptors (Lipinski definition) is 0. The van der Waals surface area contributed by atoms with Crippen LogP contribution in [-0.4, -0.2) is 0 Å². The van der Waals surface area contributed by atoms with E-state index in [1.54, 1.807) is 0 Å². The van der Waals surface area contributed by atoms with Crippen LogP contribution in [-0.2, 0) is 12.5 Å². The van der Waals surface area contributed by atoms with Crippen molar-refractivity contribution in [2.75, 3.05) is 0 Å². The molecule has 3 aromatic rings. The molecule has 0 bridgehead atoms. The van der Waals surface area contributed by atoms with Crippen molar-refractivity contribution in [1.29, 1.82) is 0 Å². The fourth-order valence-electron chi connectivity index (χ4n) is 4.79. The minimum Gasteiger partial charge on any atom is -0.201 e. The SMILES string of the molecule is [2H]C([2H])([2H])c1cc(C)c(-c2ccc(C(C)(C)C)c[n+]2C)cc1-c1c(C(C)C)cc(C(C)C)cc1C(C)C. The minimum absolute atomic E-state index is 0.0537. The molecule has 34 heavy (non-hydrogen) atoms. The third kappa shape index (κ3) is 5.14. The van der Waals surface area contributed by atoms with E-state index in [0.717, 1.165) is 27.9 Å². The Morgan fingerprint density at radius 3 is 1.79 bits per heavy atom. The lowest BCUT2D eigenvalue weighted by atomic mass is 9.80. The van der Waals surface area contributed by atoms with Gasteiger partial charge in [0.1, 0.15) is 7.05 Å². The number of pyridine rings is 1. The van der Waals surface area contributed by atoms with Gasteiger partial charge in [-0.3, -0.25) is 0 Å². The zero-order valence-corrected chi connectivity index (χ0v) is 23.2. The summed E-state index contributed by atoms with van der Waals surface area (Å²) in [7, 11) is 2.08. The molecule has 1 heteroatoms. The molecule has 2 aromatic carbocycles. The molecule has 0 amide bonds. The van der Waals surface area contributed by atoms with Crippen LogP contribution in [0.25, 0.3) is 22.4 Å². The zero-order chi connectivity index (χ0) is 28.0. The molecule has 0 spiro atoms. The van der Waals surface area contributed by atoms with Gasteiger partial charge in [-0.25, -0.2) is 4.57 Å². The molecule has 0 radical (unpaired) electrons.